The highest BCUT2D eigenvalue weighted by Crippen LogP contribution is 2.32. The minimum absolute atomic E-state index is 0.0817. The van der Waals surface area contributed by atoms with Gasteiger partial charge in [-0.05, 0) is 54.4 Å². The molecule has 2 heterocycles. The monoisotopic (exact) mass is 254 g/mol. The van der Waals surface area contributed by atoms with E-state index in [2.05, 4.69) is 51.8 Å². The third-order valence-corrected chi connectivity index (χ3v) is 4.42. The lowest BCUT2D eigenvalue weighted by Gasteiger charge is -2.50. The van der Waals surface area contributed by atoms with Crippen LogP contribution in [-0.2, 0) is 4.74 Å². The molecule has 2 aliphatic rings. The van der Waals surface area contributed by atoms with Crippen LogP contribution in [0.3, 0.4) is 0 Å². The summed E-state index contributed by atoms with van der Waals surface area (Å²) in [6, 6.07) is 0. The Hall–Kier alpha value is -0.120. The van der Waals surface area contributed by atoms with Gasteiger partial charge >= 0.3 is 0 Å². The van der Waals surface area contributed by atoms with E-state index in [1.165, 1.54) is 12.8 Å². The first-order valence-electron chi connectivity index (χ1n) is 7.28. The molecule has 0 saturated carbocycles. The second-order valence-electron chi connectivity index (χ2n) is 7.97. The van der Waals surface area contributed by atoms with E-state index in [0.717, 1.165) is 19.6 Å². The quantitative estimate of drug-likeness (QED) is 0.819. The van der Waals surface area contributed by atoms with Crippen LogP contribution in [0, 0.1) is 0 Å². The molecule has 0 aromatic heterocycles. The van der Waals surface area contributed by atoms with Gasteiger partial charge in [0.25, 0.3) is 0 Å². The highest BCUT2D eigenvalue weighted by molar-refractivity contribution is 4.98. The lowest BCUT2D eigenvalue weighted by atomic mass is 9.91. The van der Waals surface area contributed by atoms with Crippen LogP contribution in [-0.4, -0.2) is 47.3 Å². The van der Waals surface area contributed by atoms with Gasteiger partial charge in [-0.2, -0.15) is 0 Å². The molecular weight excluding hydrogens is 224 g/mol. The van der Waals surface area contributed by atoms with Crippen molar-refractivity contribution in [3.05, 3.63) is 0 Å². The number of hydrogen-bond acceptors (Lipinski definition) is 3. The molecule has 106 valence electrons. The molecule has 2 saturated heterocycles. The summed E-state index contributed by atoms with van der Waals surface area (Å²) < 4.78 is 6.15. The molecule has 0 amide bonds. The summed E-state index contributed by atoms with van der Waals surface area (Å²) in [6.07, 6.45) is 2.80. The van der Waals surface area contributed by atoms with Crippen LogP contribution in [0.15, 0.2) is 0 Å². The molecule has 2 fully saturated rings. The molecule has 0 radical (unpaired) electrons. The van der Waals surface area contributed by atoms with E-state index in [9.17, 15) is 0 Å². The molecule has 0 aliphatic carbocycles. The lowest BCUT2D eigenvalue weighted by molar-refractivity contribution is -0.0549. The number of nitrogens with one attached hydrogen (secondary N) is 1. The van der Waals surface area contributed by atoms with Crippen molar-refractivity contribution in [2.45, 2.75) is 77.2 Å². The Morgan fingerprint density at radius 1 is 1.17 bits per heavy atom. The van der Waals surface area contributed by atoms with E-state index >= 15 is 0 Å². The SMILES string of the molecule is CC1(C)CN(CC2CCC(C)(C)O2)C(C)(C)CN1. The molecule has 0 aromatic rings. The fourth-order valence-electron chi connectivity index (χ4n) is 3.08. The van der Waals surface area contributed by atoms with Crippen molar-refractivity contribution in [2.24, 2.45) is 0 Å². The normalized spacial score (nSPS) is 34.7. The Kier molecular flexibility index (Phi) is 3.54. The molecule has 0 bridgehead atoms. The standard InChI is InChI=1S/C15H30N2O/c1-13(2)11-17(14(3,4)10-16-13)9-12-7-8-15(5,6)18-12/h12,16H,7-11H2,1-6H3. The van der Waals surface area contributed by atoms with Gasteiger partial charge in [-0.3, -0.25) is 4.90 Å². The highest BCUT2D eigenvalue weighted by atomic mass is 16.5. The molecule has 3 nitrogen and oxygen atoms in total. The predicted molar refractivity (Wildman–Crippen MR) is 75.9 cm³/mol. The molecule has 0 spiro atoms. The Morgan fingerprint density at radius 3 is 2.39 bits per heavy atom. The summed E-state index contributed by atoms with van der Waals surface area (Å²) in [6.45, 7) is 16.9. The minimum Gasteiger partial charge on any atom is -0.371 e. The van der Waals surface area contributed by atoms with Crippen LogP contribution in [0.5, 0.6) is 0 Å². The van der Waals surface area contributed by atoms with Crippen LogP contribution >= 0.6 is 0 Å². The zero-order valence-electron chi connectivity index (χ0n) is 13.0. The van der Waals surface area contributed by atoms with Crippen LogP contribution in [0.1, 0.15) is 54.4 Å². The van der Waals surface area contributed by atoms with Gasteiger partial charge in [0.05, 0.1) is 11.7 Å². The Bertz CT molecular complexity index is 310. The summed E-state index contributed by atoms with van der Waals surface area (Å²) in [7, 11) is 0. The van der Waals surface area contributed by atoms with Crippen molar-refractivity contribution in [1.29, 1.82) is 0 Å². The molecule has 3 heteroatoms. The fraction of sp³-hybridized carbons (Fsp3) is 1.00. The maximum Gasteiger partial charge on any atom is 0.0710 e. The molecule has 1 N–H and O–H groups in total. The first-order valence-corrected chi connectivity index (χ1v) is 7.28. The van der Waals surface area contributed by atoms with E-state index in [1.54, 1.807) is 0 Å². The van der Waals surface area contributed by atoms with Crippen molar-refractivity contribution >= 4 is 0 Å². The van der Waals surface area contributed by atoms with E-state index in [4.69, 9.17) is 4.74 Å². The summed E-state index contributed by atoms with van der Waals surface area (Å²) in [5.74, 6) is 0. The first-order chi connectivity index (χ1) is 8.10. The third kappa shape index (κ3) is 3.25. The maximum absolute atomic E-state index is 6.15. The smallest absolute Gasteiger partial charge is 0.0710 e. The largest absolute Gasteiger partial charge is 0.371 e. The second kappa shape index (κ2) is 4.46. The average molecular weight is 254 g/mol. The summed E-state index contributed by atoms with van der Waals surface area (Å²) >= 11 is 0. The molecule has 2 aliphatic heterocycles. The Morgan fingerprint density at radius 2 is 1.83 bits per heavy atom. The third-order valence-electron chi connectivity index (χ3n) is 4.42. The van der Waals surface area contributed by atoms with Gasteiger partial charge in [0.1, 0.15) is 0 Å². The molecule has 18 heavy (non-hydrogen) atoms. The number of ether oxygens (including phenoxy) is 1. The zero-order valence-corrected chi connectivity index (χ0v) is 13.0. The fourth-order valence-corrected chi connectivity index (χ4v) is 3.08. The topological polar surface area (TPSA) is 24.5 Å². The Balaban J connectivity index is 1.98. The number of hydrogen-bond donors (Lipinski definition) is 1. The van der Waals surface area contributed by atoms with E-state index in [0.29, 0.717) is 6.10 Å². The van der Waals surface area contributed by atoms with Crippen LogP contribution < -0.4 is 5.32 Å². The van der Waals surface area contributed by atoms with Gasteiger partial charge in [0.2, 0.25) is 0 Å². The number of piperazine rings is 1. The Labute approximate surface area is 112 Å². The molecule has 1 unspecified atom stereocenters. The molecular formula is C15H30N2O. The second-order valence-corrected chi connectivity index (χ2v) is 7.97. The van der Waals surface area contributed by atoms with Gasteiger partial charge in [0, 0.05) is 30.7 Å². The van der Waals surface area contributed by atoms with Crippen molar-refractivity contribution in [3.63, 3.8) is 0 Å². The first kappa shape index (κ1) is 14.3. The van der Waals surface area contributed by atoms with Crippen LogP contribution in [0.2, 0.25) is 0 Å². The summed E-state index contributed by atoms with van der Waals surface area (Å²) in [5.41, 5.74) is 0.521. The van der Waals surface area contributed by atoms with Crippen LogP contribution in [0.4, 0.5) is 0 Å². The molecule has 1 atom stereocenters. The van der Waals surface area contributed by atoms with Crippen molar-refractivity contribution in [3.8, 4) is 0 Å². The van der Waals surface area contributed by atoms with Crippen molar-refractivity contribution in [1.82, 2.24) is 10.2 Å². The number of rotatable bonds is 2. The predicted octanol–water partition coefficient (Wildman–Crippen LogP) is 2.41. The number of nitrogens with zero attached hydrogens (tertiary/aromatic N) is 1. The lowest BCUT2D eigenvalue weighted by Crippen LogP contribution is -2.67. The molecule has 0 aromatic carbocycles. The van der Waals surface area contributed by atoms with Gasteiger partial charge in [-0.15, -0.1) is 0 Å². The highest BCUT2D eigenvalue weighted by Gasteiger charge is 2.40. The summed E-state index contributed by atoms with van der Waals surface area (Å²) in [5, 5.41) is 3.64. The molecule has 2 rings (SSSR count). The average Bonchev–Trinajstić information content (AvgIpc) is 2.53. The van der Waals surface area contributed by atoms with E-state index in [-0.39, 0.29) is 16.7 Å². The van der Waals surface area contributed by atoms with Crippen molar-refractivity contribution in [2.75, 3.05) is 19.6 Å². The van der Waals surface area contributed by atoms with Crippen molar-refractivity contribution < 1.29 is 4.74 Å². The summed E-state index contributed by atoms with van der Waals surface area (Å²) in [4.78, 5) is 2.61. The van der Waals surface area contributed by atoms with Gasteiger partial charge in [0.15, 0.2) is 0 Å². The van der Waals surface area contributed by atoms with E-state index in [1.807, 2.05) is 0 Å². The maximum atomic E-state index is 6.15. The van der Waals surface area contributed by atoms with Crippen LogP contribution in [0.25, 0.3) is 0 Å². The van der Waals surface area contributed by atoms with Gasteiger partial charge in [-0.25, -0.2) is 0 Å². The van der Waals surface area contributed by atoms with Gasteiger partial charge < -0.3 is 10.1 Å². The zero-order chi connectivity index (χ0) is 13.6. The van der Waals surface area contributed by atoms with Gasteiger partial charge in [-0.1, -0.05) is 0 Å². The van der Waals surface area contributed by atoms with E-state index < -0.39 is 0 Å². The minimum atomic E-state index is 0.0817.